The van der Waals surface area contributed by atoms with E-state index in [4.69, 9.17) is 0 Å². The summed E-state index contributed by atoms with van der Waals surface area (Å²) < 4.78 is 36.6. The van der Waals surface area contributed by atoms with Gasteiger partial charge in [-0.25, -0.2) is 4.39 Å². The van der Waals surface area contributed by atoms with Gasteiger partial charge in [0, 0.05) is 5.56 Å². The Labute approximate surface area is 94.8 Å². The van der Waals surface area contributed by atoms with Gasteiger partial charge in [0.25, 0.3) is 5.91 Å². The van der Waals surface area contributed by atoms with Gasteiger partial charge in [0.15, 0.2) is 0 Å². The molecule has 4 nitrogen and oxygen atoms in total. The van der Waals surface area contributed by atoms with Crippen molar-refractivity contribution in [3.8, 4) is 0 Å². The highest BCUT2D eigenvalue weighted by atomic mass is 19.3. The first-order valence-corrected chi connectivity index (χ1v) is 4.56. The average molecular weight is 246 g/mol. The van der Waals surface area contributed by atoms with Gasteiger partial charge < -0.3 is 0 Å². The van der Waals surface area contributed by atoms with Crippen LogP contribution >= 0.6 is 0 Å². The number of hydrogen-bond donors (Lipinski definition) is 2. The van der Waals surface area contributed by atoms with Crippen LogP contribution in [0.5, 0.6) is 0 Å². The number of benzene rings is 1. The first-order valence-electron chi connectivity index (χ1n) is 4.56. The molecule has 2 amide bonds. The first-order chi connectivity index (χ1) is 7.91. The van der Waals surface area contributed by atoms with E-state index < -0.39 is 24.1 Å². The van der Waals surface area contributed by atoms with E-state index in [1.807, 2.05) is 0 Å². The van der Waals surface area contributed by atoms with Crippen LogP contribution in [0.2, 0.25) is 0 Å². The molecule has 1 aromatic rings. The number of carbonyl (C=O) groups is 2. The zero-order chi connectivity index (χ0) is 13.0. The minimum absolute atomic E-state index is 0.0809. The number of hydrazine groups is 1. The standard InChI is InChI=1S/C10H9F3N2O2/c1-5-2-3-6(4-7(5)11)9(16)14-15-10(17)8(12)13/h2-4,8H,1H3,(H,14,16)(H,15,17). The summed E-state index contributed by atoms with van der Waals surface area (Å²) in [6.07, 6.45) is -3.23. The third-order valence-electron chi connectivity index (χ3n) is 1.93. The van der Waals surface area contributed by atoms with Crippen molar-refractivity contribution in [3.05, 3.63) is 35.1 Å². The van der Waals surface area contributed by atoms with Crippen molar-refractivity contribution in [1.82, 2.24) is 10.9 Å². The molecule has 0 unspecified atom stereocenters. The van der Waals surface area contributed by atoms with E-state index in [2.05, 4.69) is 0 Å². The maximum absolute atomic E-state index is 13.1. The number of aryl methyl sites for hydroxylation is 1. The molecule has 0 saturated heterocycles. The predicted octanol–water partition coefficient (Wildman–Crippen LogP) is 1.16. The molecule has 7 heteroatoms. The number of hydrogen-bond acceptors (Lipinski definition) is 2. The molecule has 17 heavy (non-hydrogen) atoms. The fraction of sp³-hybridized carbons (Fsp3) is 0.200. The Kier molecular flexibility index (Phi) is 4.08. The molecule has 0 heterocycles. The Balaban J connectivity index is 2.64. The third kappa shape index (κ3) is 3.47. The predicted molar refractivity (Wildman–Crippen MR) is 52.7 cm³/mol. The Hall–Kier alpha value is -2.05. The second-order valence-corrected chi connectivity index (χ2v) is 3.21. The lowest BCUT2D eigenvalue weighted by Crippen LogP contribution is -2.44. The van der Waals surface area contributed by atoms with Crippen molar-refractivity contribution in [2.75, 3.05) is 0 Å². The molecule has 0 fully saturated rings. The average Bonchev–Trinajstić information content (AvgIpc) is 2.28. The number of halogens is 3. The van der Waals surface area contributed by atoms with Crippen LogP contribution in [0.4, 0.5) is 13.2 Å². The van der Waals surface area contributed by atoms with Gasteiger partial charge in [-0.1, -0.05) is 6.07 Å². The highest BCUT2D eigenvalue weighted by Gasteiger charge is 2.16. The molecule has 0 aliphatic carbocycles. The van der Waals surface area contributed by atoms with Gasteiger partial charge in [-0.05, 0) is 24.6 Å². The van der Waals surface area contributed by atoms with Crippen LogP contribution in [0.3, 0.4) is 0 Å². The van der Waals surface area contributed by atoms with Crippen LogP contribution in [-0.4, -0.2) is 18.2 Å². The summed E-state index contributed by atoms with van der Waals surface area (Å²) in [6, 6.07) is 3.61. The van der Waals surface area contributed by atoms with E-state index in [-0.39, 0.29) is 5.56 Å². The SMILES string of the molecule is Cc1ccc(C(=O)NNC(=O)C(F)F)cc1F. The molecule has 0 spiro atoms. The molecule has 0 saturated carbocycles. The van der Waals surface area contributed by atoms with Crippen molar-refractivity contribution in [1.29, 1.82) is 0 Å². The maximum Gasteiger partial charge on any atom is 0.317 e. The summed E-state index contributed by atoms with van der Waals surface area (Å²) in [6.45, 7) is 1.51. The van der Waals surface area contributed by atoms with E-state index in [1.165, 1.54) is 24.5 Å². The second-order valence-electron chi connectivity index (χ2n) is 3.21. The van der Waals surface area contributed by atoms with E-state index in [9.17, 15) is 22.8 Å². The zero-order valence-corrected chi connectivity index (χ0v) is 8.76. The third-order valence-corrected chi connectivity index (χ3v) is 1.93. The lowest BCUT2D eigenvalue weighted by Gasteiger charge is -2.07. The minimum atomic E-state index is -3.23. The largest absolute Gasteiger partial charge is 0.317 e. The summed E-state index contributed by atoms with van der Waals surface area (Å²) in [5, 5.41) is 0. The van der Waals surface area contributed by atoms with Crippen LogP contribution in [0.15, 0.2) is 18.2 Å². The number of alkyl halides is 2. The van der Waals surface area contributed by atoms with Gasteiger partial charge in [-0.2, -0.15) is 8.78 Å². The van der Waals surface area contributed by atoms with Gasteiger partial charge in [0.05, 0.1) is 0 Å². The summed E-state index contributed by atoms with van der Waals surface area (Å²) in [4.78, 5) is 21.7. The van der Waals surface area contributed by atoms with Crippen LogP contribution < -0.4 is 10.9 Å². The van der Waals surface area contributed by atoms with Crippen molar-refractivity contribution in [2.45, 2.75) is 13.3 Å². The maximum atomic E-state index is 13.1. The van der Waals surface area contributed by atoms with E-state index in [0.29, 0.717) is 5.56 Å². The first kappa shape index (κ1) is 13.0. The van der Waals surface area contributed by atoms with Crippen LogP contribution in [0, 0.1) is 12.7 Å². The molecule has 2 N–H and O–H groups in total. The van der Waals surface area contributed by atoms with Crippen molar-refractivity contribution < 1.29 is 22.8 Å². The van der Waals surface area contributed by atoms with Gasteiger partial charge in [-0.3, -0.25) is 20.4 Å². The lowest BCUT2D eigenvalue weighted by molar-refractivity contribution is -0.132. The van der Waals surface area contributed by atoms with Gasteiger partial charge in [0.1, 0.15) is 5.82 Å². The Bertz CT molecular complexity index is 449. The molecule has 0 aliphatic rings. The smallest absolute Gasteiger partial charge is 0.267 e. The minimum Gasteiger partial charge on any atom is -0.267 e. The molecular formula is C10H9F3N2O2. The number of amides is 2. The van der Waals surface area contributed by atoms with Crippen LogP contribution in [0.25, 0.3) is 0 Å². The topological polar surface area (TPSA) is 58.2 Å². The molecule has 1 rings (SSSR count). The highest BCUT2D eigenvalue weighted by Crippen LogP contribution is 2.08. The van der Waals surface area contributed by atoms with E-state index in [0.717, 1.165) is 6.07 Å². The molecule has 0 aromatic heterocycles. The molecule has 0 aliphatic heterocycles. The van der Waals surface area contributed by atoms with Crippen molar-refractivity contribution in [2.24, 2.45) is 0 Å². The van der Waals surface area contributed by atoms with E-state index >= 15 is 0 Å². The van der Waals surface area contributed by atoms with Crippen molar-refractivity contribution >= 4 is 11.8 Å². The number of nitrogens with one attached hydrogen (secondary N) is 2. The fourth-order valence-electron chi connectivity index (χ4n) is 0.979. The molecule has 0 radical (unpaired) electrons. The van der Waals surface area contributed by atoms with E-state index in [1.54, 1.807) is 5.43 Å². The lowest BCUT2D eigenvalue weighted by atomic mass is 10.1. The monoisotopic (exact) mass is 246 g/mol. The Morgan fingerprint density at radius 2 is 1.88 bits per heavy atom. The van der Waals surface area contributed by atoms with Crippen molar-refractivity contribution in [3.63, 3.8) is 0 Å². The highest BCUT2D eigenvalue weighted by molar-refractivity contribution is 5.95. The Morgan fingerprint density at radius 3 is 2.41 bits per heavy atom. The molecular weight excluding hydrogens is 237 g/mol. The quantitative estimate of drug-likeness (QED) is 0.769. The summed E-state index contributed by atoms with van der Waals surface area (Å²) >= 11 is 0. The molecule has 92 valence electrons. The summed E-state index contributed by atoms with van der Waals surface area (Å²) in [7, 11) is 0. The van der Waals surface area contributed by atoms with Gasteiger partial charge in [-0.15, -0.1) is 0 Å². The van der Waals surface area contributed by atoms with Crippen LogP contribution in [0.1, 0.15) is 15.9 Å². The zero-order valence-electron chi connectivity index (χ0n) is 8.76. The Morgan fingerprint density at radius 1 is 1.24 bits per heavy atom. The number of carbonyl (C=O) groups excluding carboxylic acids is 2. The van der Waals surface area contributed by atoms with Gasteiger partial charge >= 0.3 is 12.3 Å². The normalized spacial score (nSPS) is 10.2. The van der Waals surface area contributed by atoms with Gasteiger partial charge in [0.2, 0.25) is 0 Å². The summed E-state index contributed by atoms with van der Waals surface area (Å²) in [5.41, 5.74) is 3.51. The summed E-state index contributed by atoms with van der Waals surface area (Å²) in [5.74, 6) is -3.11. The molecule has 1 aromatic carbocycles. The fourth-order valence-corrected chi connectivity index (χ4v) is 0.979. The molecule has 0 bridgehead atoms. The second kappa shape index (κ2) is 5.33. The number of rotatable bonds is 2. The van der Waals surface area contributed by atoms with Crippen LogP contribution in [-0.2, 0) is 4.79 Å². The molecule has 0 atom stereocenters.